The predicted molar refractivity (Wildman–Crippen MR) is 120 cm³/mol. The van der Waals surface area contributed by atoms with Crippen LogP contribution in [0.1, 0.15) is 42.9 Å². The third-order valence-corrected chi connectivity index (χ3v) is 6.08. The van der Waals surface area contributed by atoms with E-state index in [2.05, 4.69) is 51.0 Å². The van der Waals surface area contributed by atoms with Gasteiger partial charge in [-0.15, -0.1) is 6.42 Å². The summed E-state index contributed by atoms with van der Waals surface area (Å²) in [6, 6.07) is 18.1. The van der Waals surface area contributed by atoms with E-state index >= 15 is 0 Å². The number of allylic oxidation sites excluding steroid dienone is 1. The van der Waals surface area contributed by atoms with E-state index in [0.717, 1.165) is 35.0 Å². The number of rotatable bonds is 8. The van der Waals surface area contributed by atoms with Crippen molar-refractivity contribution in [3.05, 3.63) is 81.8 Å². The molecule has 0 saturated heterocycles. The average molecular weight is 438 g/mol. The molecule has 2 aromatic rings. The molecule has 0 fully saturated rings. The highest BCUT2D eigenvalue weighted by atomic mass is 79.9. The summed E-state index contributed by atoms with van der Waals surface area (Å²) in [6.45, 7) is 1.32. The van der Waals surface area contributed by atoms with Gasteiger partial charge in [0, 0.05) is 17.4 Å². The van der Waals surface area contributed by atoms with Crippen molar-refractivity contribution < 1.29 is 5.11 Å². The summed E-state index contributed by atoms with van der Waals surface area (Å²) in [4.78, 5) is 2.25. The van der Waals surface area contributed by atoms with Crippen LogP contribution in [0.4, 0.5) is 0 Å². The molecule has 28 heavy (non-hydrogen) atoms. The summed E-state index contributed by atoms with van der Waals surface area (Å²) < 4.78 is 1.01. The Morgan fingerprint density at radius 3 is 2.50 bits per heavy atom. The van der Waals surface area contributed by atoms with Crippen LogP contribution in [0.5, 0.6) is 0 Å². The first-order valence-corrected chi connectivity index (χ1v) is 10.8. The molecular weight excluding hydrogens is 410 g/mol. The van der Waals surface area contributed by atoms with E-state index in [0.29, 0.717) is 13.0 Å². The van der Waals surface area contributed by atoms with E-state index in [9.17, 15) is 5.11 Å². The van der Waals surface area contributed by atoms with E-state index in [1.54, 1.807) is 0 Å². The number of hydrogen-bond donors (Lipinski definition) is 1. The van der Waals surface area contributed by atoms with Crippen molar-refractivity contribution in [2.24, 2.45) is 0 Å². The first kappa shape index (κ1) is 20.9. The topological polar surface area (TPSA) is 23.5 Å². The van der Waals surface area contributed by atoms with Gasteiger partial charge >= 0.3 is 0 Å². The van der Waals surface area contributed by atoms with Crippen LogP contribution in [-0.4, -0.2) is 29.2 Å². The molecule has 1 aliphatic rings. The quantitative estimate of drug-likeness (QED) is 0.433. The van der Waals surface area contributed by atoms with Crippen molar-refractivity contribution in [1.82, 2.24) is 4.90 Å². The summed E-state index contributed by atoms with van der Waals surface area (Å²) >= 11 is 3.69. The van der Waals surface area contributed by atoms with Crippen molar-refractivity contribution in [2.75, 3.05) is 13.1 Å². The fraction of sp³-hybridized carbons (Fsp3) is 0.360. The molecule has 1 N–H and O–H groups in total. The minimum atomic E-state index is -0.557. The van der Waals surface area contributed by atoms with Gasteiger partial charge < -0.3 is 5.11 Å². The van der Waals surface area contributed by atoms with Gasteiger partial charge in [-0.05, 0) is 42.9 Å². The fourth-order valence-corrected chi connectivity index (χ4v) is 4.53. The first-order valence-electron chi connectivity index (χ1n) is 10.0. The zero-order valence-electron chi connectivity index (χ0n) is 16.2. The first-order chi connectivity index (χ1) is 13.7. The predicted octanol–water partition coefficient (Wildman–Crippen LogP) is 5.53. The monoisotopic (exact) mass is 437 g/mol. The zero-order chi connectivity index (χ0) is 19.8. The molecule has 0 bridgehead atoms. The number of nitrogens with zero attached hydrogens (tertiary/aromatic N) is 1. The van der Waals surface area contributed by atoms with Gasteiger partial charge in [-0.25, -0.2) is 0 Å². The Bertz CT molecular complexity index is 824. The van der Waals surface area contributed by atoms with Gasteiger partial charge in [0.15, 0.2) is 0 Å². The van der Waals surface area contributed by atoms with E-state index in [1.165, 1.54) is 18.4 Å². The molecule has 0 aromatic heterocycles. The summed E-state index contributed by atoms with van der Waals surface area (Å²) in [7, 11) is 0. The number of aliphatic hydroxyl groups is 1. The van der Waals surface area contributed by atoms with Crippen molar-refractivity contribution >= 4 is 15.9 Å². The average Bonchev–Trinajstić information content (AvgIpc) is 2.71. The van der Waals surface area contributed by atoms with E-state index in [4.69, 9.17) is 6.42 Å². The SMILES string of the molecule is C#CCN(CC1=CCCCC1)[C@H](c1ccccc1Br)[C@@H](O)Cc1ccccc1. The number of terminal acetylenes is 1. The molecule has 0 unspecified atom stereocenters. The van der Waals surface area contributed by atoms with Gasteiger partial charge in [-0.2, -0.15) is 0 Å². The maximum atomic E-state index is 11.3. The highest BCUT2D eigenvalue weighted by Gasteiger charge is 2.29. The zero-order valence-corrected chi connectivity index (χ0v) is 17.8. The lowest BCUT2D eigenvalue weighted by Crippen LogP contribution is -2.39. The Morgan fingerprint density at radius 1 is 1.07 bits per heavy atom. The normalized spacial score (nSPS) is 16.3. The van der Waals surface area contributed by atoms with Crippen LogP contribution in [0.3, 0.4) is 0 Å². The highest BCUT2D eigenvalue weighted by molar-refractivity contribution is 9.10. The van der Waals surface area contributed by atoms with Gasteiger partial charge in [0.25, 0.3) is 0 Å². The minimum Gasteiger partial charge on any atom is -0.391 e. The lowest BCUT2D eigenvalue weighted by atomic mass is 9.93. The molecular formula is C25H28BrNO. The number of halogens is 1. The maximum Gasteiger partial charge on any atom is 0.0778 e. The van der Waals surface area contributed by atoms with Gasteiger partial charge in [0.2, 0.25) is 0 Å². The molecule has 3 heteroatoms. The minimum absolute atomic E-state index is 0.172. The molecule has 146 valence electrons. The maximum absolute atomic E-state index is 11.3. The van der Waals surface area contributed by atoms with Gasteiger partial charge in [0.05, 0.1) is 18.7 Å². The molecule has 2 atom stereocenters. The summed E-state index contributed by atoms with van der Waals surface area (Å²) in [6.07, 6.45) is 12.9. The van der Waals surface area contributed by atoms with E-state index < -0.39 is 6.10 Å². The smallest absolute Gasteiger partial charge is 0.0778 e. The molecule has 2 aromatic carbocycles. The highest BCUT2D eigenvalue weighted by Crippen LogP contribution is 2.33. The third-order valence-electron chi connectivity index (χ3n) is 5.35. The molecule has 0 spiro atoms. The van der Waals surface area contributed by atoms with Crippen LogP contribution in [0.25, 0.3) is 0 Å². The Hall–Kier alpha value is -1.86. The standard InChI is InChI=1S/C25H28BrNO/c1-2-17-27(19-21-13-7-4-8-14-21)25(22-15-9-10-16-23(22)26)24(28)18-20-11-5-3-6-12-20/h1,3,5-6,9-13,15-16,24-25,28H,4,7-8,14,17-19H2/t24-,25+/m0/s1. The molecule has 3 rings (SSSR count). The van der Waals surface area contributed by atoms with Crippen LogP contribution in [0, 0.1) is 12.3 Å². The van der Waals surface area contributed by atoms with E-state index in [-0.39, 0.29) is 6.04 Å². The van der Waals surface area contributed by atoms with Crippen molar-refractivity contribution in [1.29, 1.82) is 0 Å². The van der Waals surface area contributed by atoms with Crippen LogP contribution in [-0.2, 0) is 6.42 Å². The second-order valence-corrected chi connectivity index (χ2v) is 8.30. The van der Waals surface area contributed by atoms with Crippen LogP contribution in [0.15, 0.2) is 70.7 Å². The second kappa shape index (κ2) is 10.6. The Morgan fingerprint density at radius 2 is 1.82 bits per heavy atom. The van der Waals surface area contributed by atoms with Crippen molar-refractivity contribution in [3.8, 4) is 12.3 Å². The van der Waals surface area contributed by atoms with Gasteiger partial charge in [-0.1, -0.05) is 82.0 Å². The second-order valence-electron chi connectivity index (χ2n) is 7.44. The Kier molecular flexibility index (Phi) is 7.91. The van der Waals surface area contributed by atoms with Gasteiger partial charge in [0.1, 0.15) is 0 Å². The van der Waals surface area contributed by atoms with Crippen LogP contribution in [0.2, 0.25) is 0 Å². The van der Waals surface area contributed by atoms with Crippen molar-refractivity contribution in [3.63, 3.8) is 0 Å². The molecule has 0 heterocycles. The molecule has 0 aliphatic heterocycles. The Balaban J connectivity index is 1.92. The largest absolute Gasteiger partial charge is 0.391 e. The summed E-state index contributed by atoms with van der Waals surface area (Å²) in [5.74, 6) is 2.82. The third kappa shape index (κ3) is 5.58. The van der Waals surface area contributed by atoms with Crippen LogP contribution >= 0.6 is 15.9 Å². The molecule has 0 amide bonds. The lowest BCUT2D eigenvalue weighted by Gasteiger charge is -2.36. The summed E-state index contributed by atoms with van der Waals surface area (Å²) in [5.41, 5.74) is 3.65. The number of benzene rings is 2. The summed E-state index contributed by atoms with van der Waals surface area (Å²) in [5, 5.41) is 11.3. The van der Waals surface area contributed by atoms with E-state index in [1.807, 2.05) is 36.4 Å². The molecule has 0 saturated carbocycles. The van der Waals surface area contributed by atoms with Crippen LogP contribution < -0.4 is 0 Å². The number of hydrogen-bond acceptors (Lipinski definition) is 2. The molecule has 2 nitrogen and oxygen atoms in total. The molecule has 1 aliphatic carbocycles. The number of aliphatic hydroxyl groups excluding tert-OH is 1. The molecule has 0 radical (unpaired) electrons. The van der Waals surface area contributed by atoms with Crippen molar-refractivity contribution in [2.45, 2.75) is 44.2 Å². The lowest BCUT2D eigenvalue weighted by molar-refractivity contribution is 0.0596. The van der Waals surface area contributed by atoms with Gasteiger partial charge in [-0.3, -0.25) is 4.90 Å². The Labute approximate surface area is 177 Å². The fourth-order valence-electron chi connectivity index (χ4n) is 4.01.